The Morgan fingerprint density at radius 3 is 2.37 bits per heavy atom. The molecule has 0 spiro atoms. The Bertz CT molecular complexity index is 645. The number of benzene rings is 1. The van der Waals surface area contributed by atoms with E-state index in [1.165, 1.54) is 12.8 Å². The van der Waals surface area contributed by atoms with Crippen LogP contribution in [0.1, 0.15) is 49.4 Å². The largest absolute Gasteiger partial charge is 0.351 e. The molecule has 0 bridgehead atoms. The van der Waals surface area contributed by atoms with E-state index in [-0.39, 0.29) is 36.6 Å². The lowest BCUT2D eigenvalue weighted by molar-refractivity contribution is -0.117. The number of piperidine rings is 1. The molecule has 0 radical (unpaired) electrons. The fraction of sp³-hybridized carbons (Fsp3) is 0.636. The molecule has 6 nitrogen and oxygen atoms in total. The van der Waals surface area contributed by atoms with Gasteiger partial charge in [-0.2, -0.15) is 0 Å². The van der Waals surface area contributed by atoms with Gasteiger partial charge in [-0.25, -0.2) is 0 Å². The monoisotopic (exact) mass is 458 g/mol. The van der Waals surface area contributed by atoms with Gasteiger partial charge in [-0.3, -0.25) is 9.59 Å². The van der Waals surface area contributed by atoms with Crippen molar-refractivity contribution in [2.24, 2.45) is 11.8 Å². The van der Waals surface area contributed by atoms with Crippen molar-refractivity contribution in [1.29, 1.82) is 0 Å². The second-order valence-corrected chi connectivity index (χ2v) is 8.20. The normalized spacial score (nSPS) is 18.0. The molecule has 170 valence electrons. The summed E-state index contributed by atoms with van der Waals surface area (Å²) in [4.78, 5) is 27.0. The maximum Gasteiger partial charge on any atom is 0.251 e. The van der Waals surface area contributed by atoms with Crippen molar-refractivity contribution in [3.63, 3.8) is 0 Å². The molecule has 2 heterocycles. The molecule has 2 fully saturated rings. The number of halogens is 2. The van der Waals surface area contributed by atoms with Gasteiger partial charge in [-0.15, -0.1) is 24.8 Å². The van der Waals surface area contributed by atoms with Crippen molar-refractivity contribution in [2.45, 2.75) is 39.0 Å². The quantitative estimate of drug-likeness (QED) is 0.558. The summed E-state index contributed by atoms with van der Waals surface area (Å²) in [7, 11) is 0. The highest BCUT2D eigenvalue weighted by Gasteiger charge is 2.22. The van der Waals surface area contributed by atoms with Crippen LogP contribution in [0.4, 0.5) is 5.69 Å². The average Bonchev–Trinajstić information content (AvgIpc) is 3.22. The molecular formula is C22H36Cl2N4O2. The summed E-state index contributed by atoms with van der Waals surface area (Å²) in [5, 5.41) is 9.31. The van der Waals surface area contributed by atoms with Crippen LogP contribution in [0.15, 0.2) is 24.3 Å². The summed E-state index contributed by atoms with van der Waals surface area (Å²) >= 11 is 0. The van der Waals surface area contributed by atoms with Gasteiger partial charge in [0, 0.05) is 30.8 Å². The average molecular weight is 459 g/mol. The summed E-state index contributed by atoms with van der Waals surface area (Å²) in [6.45, 7) is 8.14. The zero-order valence-corrected chi connectivity index (χ0v) is 19.5. The lowest BCUT2D eigenvalue weighted by Crippen LogP contribution is -2.33. The molecule has 3 rings (SSSR count). The van der Waals surface area contributed by atoms with Gasteiger partial charge in [-0.05, 0) is 88.0 Å². The van der Waals surface area contributed by atoms with Crippen LogP contribution in [-0.2, 0) is 4.79 Å². The Morgan fingerprint density at radius 1 is 1.10 bits per heavy atom. The summed E-state index contributed by atoms with van der Waals surface area (Å²) in [5.74, 6) is 1.01. The molecule has 0 aromatic heterocycles. The number of nitrogens with zero attached hydrogens (tertiary/aromatic N) is 1. The van der Waals surface area contributed by atoms with Gasteiger partial charge < -0.3 is 20.9 Å². The predicted molar refractivity (Wildman–Crippen MR) is 127 cm³/mol. The van der Waals surface area contributed by atoms with Gasteiger partial charge >= 0.3 is 0 Å². The van der Waals surface area contributed by atoms with Crippen LogP contribution in [0.3, 0.4) is 0 Å². The highest BCUT2D eigenvalue weighted by atomic mass is 35.5. The molecule has 1 atom stereocenters. The summed E-state index contributed by atoms with van der Waals surface area (Å²) in [6, 6.07) is 7.17. The van der Waals surface area contributed by atoms with E-state index >= 15 is 0 Å². The van der Waals surface area contributed by atoms with E-state index in [0.717, 1.165) is 51.3 Å². The SMILES string of the molecule is CC(CC(=O)Nc1ccc(C(=O)NCCN2CCCC2)cc1)C1CCNCC1.Cl.Cl. The van der Waals surface area contributed by atoms with Crippen LogP contribution in [-0.4, -0.2) is 56.0 Å². The zero-order valence-electron chi connectivity index (χ0n) is 17.8. The molecule has 0 saturated carbocycles. The molecule has 0 aliphatic carbocycles. The minimum absolute atomic E-state index is 0. The minimum Gasteiger partial charge on any atom is -0.351 e. The van der Waals surface area contributed by atoms with Gasteiger partial charge in [0.25, 0.3) is 5.91 Å². The molecular weight excluding hydrogens is 423 g/mol. The lowest BCUT2D eigenvalue weighted by atomic mass is 9.84. The first-order valence-electron chi connectivity index (χ1n) is 10.7. The van der Waals surface area contributed by atoms with Crippen LogP contribution in [0.5, 0.6) is 0 Å². The van der Waals surface area contributed by atoms with E-state index in [0.29, 0.717) is 30.4 Å². The van der Waals surface area contributed by atoms with Crippen LogP contribution < -0.4 is 16.0 Å². The maximum absolute atomic E-state index is 12.3. The Hall–Kier alpha value is -1.34. The molecule has 1 unspecified atom stereocenters. The van der Waals surface area contributed by atoms with Crippen molar-refractivity contribution in [1.82, 2.24) is 15.5 Å². The fourth-order valence-corrected chi connectivity index (χ4v) is 4.23. The van der Waals surface area contributed by atoms with Crippen molar-refractivity contribution in [2.75, 3.05) is 44.6 Å². The zero-order chi connectivity index (χ0) is 19.8. The van der Waals surface area contributed by atoms with E-state index in [1.807, 2.05) is 12.1 Å². The lowest BCUT2D eigenvalue weighted by Gasteiger charge is -2.27. The van der Waals surface area contributed by atoms with E-state index in [2.05, 4.69) is 27.8 Å². The van der Waals surface area contributed by atoms with Gasteiger partial charge in [0.2, 0.25) is 5.91 Å². The third kappa shape index (κ3) is 8.42. The predicted octanol–water partition coefficient (Wildman–Crippen LogP) is 3.32. The summed E-state index contributed by atoms with van der Waals surface area (Å²) in [5.41, 5.74) is 1.37. The van der Waals surface area contributed by atoms with Crippen molar-refractivity contribution in [3.8, 4) is 0 Å². The third-order valence-corrected chi connectivity index (χ3v) is 6.04. The smallest absolute Gasteiger partial charge is 0.251 e. The maximum atomic E-state index is 12.3. The Kier molecular flexibility index (Phi) is 12.3. The molecule has 1 aromatic carbocycles. The topological polar surface area (TPSA) is 73.5 Å². The standard InChI is InChI=1S/C22H34N4O2.2ClH/c1-17(18-8-10-23-11-9-18)16-21(27)25-20-6-4-19(5-7-20)22(28)24-12-15-26-13-2-3-14-26;;/h4-7,17-18,23H,2-3,8-16H2,1H3,(H,24,28)(H,25,27);2*1H. The van der Waals surface area contributed by atoms with E-state index in [1.54, 1.807) is 12.1 Å². The molecule has 3 N–H and O–H groups in total. The number of hydrogen-bond acceptors (Lipinski definition) is 4. The first-order valence-corrected chi connectivity index (χ1v) is 10.7. The second-order valence-electron chi connectivity index (χ2n) is 8.20. The minimum atomic E-state index is -0.0587. The van der Waals surface area contributed by atoms with Crippen molar-refractivity contribution >= 4 is 42.3 Å². The molecule has 2 amide bonds. The van der Waals surface area contributed by atoms with Crippen LogP contribution in [0.25, 0.3) is 0 Å². The number of likely N-dealkylation sites (tertiary alicyclic amines) is 1. The second kappa shape index (κ2) is 13.9. The van der Waals surface area contributed by atoms with E-state index < -0.39 is 0 Å². The summed E-state index contributed by atoms with van der Waals surface area (Å²) in [6.07, 6.45) is 5.37. The Balaban J connectivity index is 0.00000225. The number of carbonyl (C=O) groups is 2. The van der Waals surface area contributed by atoms with Crippen LogP contribution in [0.2, 0.25) is 0 Å². The molecule has 2 aliphatic heterocycles. The third-order valence-electron chi connectivity index (χ3n) is 6.04. The number of carbonyl (C=O) groups excluding carboxylic acids is 2. The van der Waals surface area contributed by atoms with Crippen molar-refractivity contribution < 1.29 is 9.59 Å². The first kappa shape index (κ1) is 26.7. The molecule has 2 aliphatic rings. The summed E-state index contributed by atoms with van der Waals surface area (Å²) < 4.78 is 0. The highest BCUT2D eigenvalue weighted by molar-refractivity contribution is 5.95. The van der Waals surface area contributed by atoms with Gasteiger partial charge in [-0.1, -0.05) is 6.92 Å². The number of nitrogens with one attached hydrogen (secondary N) is 3. The van der Waals surface area contributed by atoms with Gasteiger partial charge in [0.05, 0.1) is 0 Å². The van der Waals surface area contributed by atoms with Crippen LogP contribution >= 0.6 is 24.8 Å². The van der Waals surface area contributed by atoms with E-state index in [9.17, 15) is 9.59 Å². The number of anilines is 1. The van der Waals surface area contributed by atoms with Crippen LogP contribution in [0, 0.1) is 11.8 Å². The Labute approximate surface area is 192 Å². The van der Waals surface area contributed by atoms with Gasteiger partial charge in [0.15, 0.2) is 0 Å². The Morgan fingerprint density at radius 2 is 1.73 bits per heavy atom. The van der Waals surface area contributed by atoms with Crippen molar-refractivity contribution in [3.05, 3.63) is 29.8 Å². The molecule has 30 heavy (non-hydrogen) atoms. The molecule has 8 heteroatoms. The number of amides is 2. The van der Waals surface area contributed by atoms with Gasteiger partial charge in [0.1, 0.15) is 0 Å². The van der Waals surface area contributed by atoms with E-state index in [4.69, 9.17) is 0 Å². The fourth-order valence-electron chi connectivity index (χ4n) is 4.23. The molecule has 2 saturated heterocycles. The number of hydrogen-bond donors (Lipinski definition) is 3. The molecule has 1 aromatic rings. The highest BCUT2D eigenvalue weighted by Crippen LogP contribution is 2.24. The first-order chi connectivity index (χ1) is 13.6. The number of rotatable bonds is 8.